The van der Waals surface area contributed by atoms with Crippen molar-refractivity contribution in [2.45, 2.75) is 0 Å². The van der Waals surface area contributed by atoms with Gasteiger partial charge >= 0.3 is 0 Å². The summed E-state index contributed by atoms with van der Waals surface area (Å²) in [7, 11) is 1.70. The van der Waals surface area contributed by atoms with Crippen LogP contribution in [0.1, 0.15) is 5.56 Å². The van der Waals surface area contributed by atoms with E-state index in [2.05, 4.69) is 51.4 Å². The smallest absolute Gasteiger partial charge is 0.109 e. The summed E-state index contributed by atoms with van der Waals surface area (Å²) in [6, 6.07) is 18.7. The number of nitrogens with zero attached hydrogens (tertiary/aromatic N) is 3. The van der Waals surface area contributed by atoms with Crippen molar-refractivity contribution in [1.29, 1.82) is 0 Å². The molecule has 0 unspecified atom stereocenters. The van der Waals surface area contributed by atoms with Crippen molar-refractivity contribution >= 4 is 29.5 Å². The summed E-state index contributed by atoms with van der Waals surface area (Å²) >= 11 is 0. The molecule has 0 saturated carbocycles. The van der Waals surface area contributed by atoms with Crippen molar-refractivity contribution < 1.29 is 0 Å². The van der Waals surface area contributed by atoms with Crippen molar-refractivity contribution in [3.63, 3.8) is 0 Å². The van der Waals surface area contributed by atoms with E-state index in [4.69, 9.17) is 0 Å². The van der Waals surface area contributed by atoms with Crippen LogP contribution in [0.2, 0.25) is 0 Å². The van der Waals surface area contributed by atoms with Crippen LogP contribution in [0.3, 0.4) is 0 Å². The van der Waals surface area contributed by atoms with Crippen molar-refractivity contribution in [3.05, 3.63) is 72.4 Å². The van der Waals surface area contributed by atoms with Crippen LogP contribution in [0.15, 0.2) is 76.9 Å². The molecule has 0 atom stereocenters. The second kappa shape index (κ2) is 7.27. The third-order valence-corrected chi connectivity index (χ3v) is 3.48. The van der Waals surface area contributed by atoms with Crippen LogP contribution in [0.4, 0.5) is 0 Å². The highest BCUT2D eigenvalue weighted by Gasteiger charge is 2.00. The number of hydrogen-bond acceptors (Lipinski definition) is 2. The number of rotatable bonds is 4. The van der Waals surface area contributed by atoms with Gasteiger partial charge in [-0.05, 0) is 29.3 Å². The molecule has 0 saturated heterocycles. The monoisotopic (exact) mass is 299 g/mol. The highest BCUT2D eigenvalue weighted by atomic mass is 14.8. The van der Waals surface area contributed by atoms with Gasteiger partial charge < -0.3 is 0 Å². The predicted octanol–water partition coefficient (Wildman–Crippen LogP) is 4.64. The molecular weight excluding hydrogens is 282 g/mol. The van der Waals surface area contributed by atoms with E-state index in [9.17, 15) is 0 Å². The van der Waals surface area contributed by atoms with E-state index in [1.807, 2.05) is 36.5 Å². The van der Waals surface area contributed by atoms with E-state index in [1.165, 1.54) is 6.34 Å². The van der Waals surface area contributed by atoms with Crippen molar-refractivity contribution in [2.75, 3.05) is 7.05 Å². The van der Waals surface area contributed by atoms with Crippen molar-refractivity contribution in [1.82, 2.24) is 4.98 Å². The highest BCUT2D eigenvalue weighted by molar-refractivity contribution is 5.85. The van der Waals surface area contributed by atoms with Crippen LogP contribution in [0, 0.1) is 0 Å². The Kier molecular flexibility index (Phi) is 4.69. The van der Waals surface area contributed by atoms with Gasteiger partial charge in [0.25, 0.3) is 0 Å². The molecule has 1 heterocycles. The van der Waals surface area contributed by atoms with Crippen LogP contribution in [0.25, 0.3) is 28.1 Å². The largest absolute Gasteiger partial charge is 0.277 e. The molecule has 0 aliphatic rings. The average Bonchev–Trinajstić information content (AvgIpc) is 2.62. The molecule has 0 fully saturated rings. The number of para-hydroxylation sites is 1. The number of aromatic nitrogens is 1. The van der Waals surface area contributed by atoms with Crippen LogP contribution in [-0.2, 0) is 0 Å². The summed E-state index contributed by atoms with van der Waals surface area (Å²) in [5.41, 5.74) is 4.43. The summed E-state index contributed by atoms with van der Waals surface area (Å²) in [5, 5.41) is 1.16. The molecule has 3 heteroatoms. The lowest BCUT2D eigenvalue weighted by molar-refractivity contribution is 1.41. The average molecular weight is 299 g/mol. The van der Waals surface area contributed by atoms with Gasteiger partial charge in [-0.25, -0.2) is 4.99 Å². The van der Waals surface area contributed by atoms with Crippen molar-refractivity contribution in [2.24, 2.45) is 9.98 Å². The summed E-state index contributed by atoms with van der Waals surface area (Å²) in [6.45, 7) is 0. The second-order valence-corrected chi connectivity index (χ2v) is 5.07. The van der Waals surface area contributed by atoms with Crippen LogP contribution in [-0.4, -0.2) is 24.6 Å². The van der Waals surface area contributed by atoms with Gasteiger partial charge in [0.1, 0.15) is 6.34 Å². The molecular formula is C20H17N3. The molecule has 3 rings (SSSR count). The summed E-state index contributed by atoms with van der Waals surface area (Å²) in [4.78, 5) is 12.3. The Morgan fingerprint density at radius 2 is 1.78 bits per heavy atom. The number of fused-ring (bicyclic) bond motifs is 1. The lowest BCUT2D eigenvalue weighted by Gasteiger charge is -2.04. The topological polar surface area (TPSA) is 37.6 Å². The second-order valence-electron chi connectivity index (χ2n) is 5.07. The number of aliphatic imine (C=N–C) groups is 2. The maximum Gasteiger partial charge on any atom is 0.109 e. The molecule has 112 valence electrons. The minimum Gasteiger partial charge on any atom is -0.277 e. The van der Waals surface area contributed by atoms with Gasteiger partial charge in [0.2, 0.25) is 0 Å². The molecule has 3 aromatic rings. The number of allylic oxidation sites excluding steroid dienone is 1. The van der Waals surface area contributed by atoms with E-state index in [-0.39, 0.29) is 0 Å². The number of pyridine rings is 1. The maximum absolute atomic E-state index is 4.51. The standard InChI is InChI=1S/C20H17N3/c1-21-15-22-12-4-5-16-8-10-17(11-9-16)19-13-18-6-2-3-7-20(18)23-14-19/h2-15H,1H3/b5-4+,21-15-,22-12-. The Labute approximate surface area is 135 Å². The Morgan fingerprint density at radius 1 is 0.957 bits per heavy atom. The van der Waals surface area contributed by atoms with E-state index in [1.54, 1.807) is 13.3 Å². The summed E-state index contributed by atoms with van der Waals surface area (Å²) in [6.07, 6.45) is 9.06. The first kappa shape index (κ1) is 14.9. The van der Waals surface area contributed by atoms with Crippen LogP contribution >= 0.6 is 0 Å². The first-order valence-corrected chi connectivity index (χ1v) is 7.42. The molecule has 2 aromatic carbocycles. The Bertz CT molecular complexity index is 875. The molecule has 0 bridgehead atoms. The van der Waals surface area contributed by atoms with E-state index < -0.39 is 0 Å². The van der Waals surface area contributed by atoms with Gasteiger partial charge in [-0.2, -0.15) is 0 Å². The maximum atomic E-state index is 4.51. The molecule has 0 aliphatic heterocycles. The van der Waals surface area contributed by atoms with E-state index in [0.29, 0.717) is 0 Å². The summed E-state index contributed by atoms with van der Waals surface area (Å²) in [5.74, 6) is 0. The van der Waals surface area contributed by atoms with Crippen molar-refractivity contribution in [3.8, 4) is 11.1 Å². The highest BCUT2D eigenvalue weighted by Crippen LogP contribution is 2.23. The SMILES string of the molecule is C\N=C/N=C\C=C\c1ccc(-c2cnc3ccccc3c2)cc1. The number of benzene rings is 2. The van der Waals surface area contributed by atoms with Crippen LogP contribution in [0.5, 0.6) is 0 Å². The third kappa shape index (κ3) is 3.77. The van der Waals surface area contributed by atoms with Gasteiger partial charge in [-0.3, -0.25) is 9.98 Å². The fourth-order valence-electron chi connectivity index (χ4n) is 2.32. The minimum atomic E-state index is 1.02. The zero-order chi connectivity index (χ0) is 15.9. The fraction of sp³-hybridized carbons (Fsp3) is 0.0500. The minimum absolute atomic E-state index is 1.02. The zero-order valence-electron chi connectivity index (χ0n) is 12.9. The molecule has 0 N–H and O–H groups in total. The third-order valence-electron chi connectivity index (χ3n) is 3.48. The molecule has 0 amide bonds. The lowest BCUT2D eigenvalue weighted by Crippen LogP contribution is -1.83. The van der Waals surface area contributed by atoms with Crippen LogP contribution < -0.4 is 0 Å². The Hall–Kier alpha value is -3.07. The van der Waals surface area contributed by atoms with Gasteiger partial charge in [-0.15, -0.1) is 0 Å². The molecule has 1 aromatic heterocycles. The summed E-state index contributed by atoms with van der Waals surface area (Å²) < 4.78 is 0. The molecule has 23 heavy (non-hydrogen) atoms. The van der Waals surface area contributed by atoms with Gasteiger partial charge in [0.15, 0.2) is 0 Å². The lowest BCUT2D eigenvalue weighted by atomic mass is 10.0. The van der Waals surface area contributed by atoms with E-state index in [0.717, 1.165) is 27.6 Å². The van der Waals surface area contributed by atoms with Gasteiger partial charge in [-0.1, -0.05) is 48.5 Å². The Morgan fingerprint density at radius 3 is 2.61 bits per heavy atom. The van der Waals surface area contributed by atoms with E-state index >= 15 is 0 Å². The normalized spacial score (nSPS) is 12.0. The van der Waals surface area contributed by atoms with Gasteiger partial charge in [0.05, 0.1) is 5.52 Å². The molecule has 0 aliphatic carbocycles. The first-order valence-electron chi connectivity index (χ1n) is 7.42. The number of hydrogen-bond donors (Lipinski definition) is 0. The fourth-order valence-corrected chi connectivity index (χ4v) is 2.32. The Balaban J connectivity index is 1.80. The predicted molar refractivity (Wildman–Crippen MR) is 99.1 cm³/mol. The molecule has 0 radical (unpaired) electrons. The molecule has 3 nitrogen and oxygen atoms in total. The molecule has 0 spiro atoms. The quantitative estimate of drug-likeness (QED) is 0.510. The zero-order valence-corrected chi connectivity index (χ0v) is 12.9. The first-order chi connectivity index (χ1) is 11.4. The van der Waals surface area contributed by atoms with Gasteiger partial charge in [0, 0.05) is 30.4 Å².